The number of fused-ring (bicyclic) bond motifs is 1. The molecule has 0 spiro atoms. The zero-order valence-corrected chi connectivity index (χ0v) is 12.7. The normalized spacial score (nSPS) is 14.4. The number of benzene rings is 1. The molecule has 1 aromatic heterocycles. The van der Waals surface area contributed by atoms with Crippen molar-refractivity contribution in [3.63, 3.8) is 0 Å². The van der Waals surface area contributed by atoms with Crippen LogP contribution >= 0.6 is 11.6 Å². The van der Waals surface area contributed by atoms with Crippen molar-refractivity contribution in [3.05, 3.63) is 44.8 Å². The summed E-state index contributed by atoms with van der Waals surface area (Å²) in [5.41, 5.74) is 2.48. The van der Waals surface area contributed by atoms with E-state index in [4.69, 9.17) is 16.3 Å². The van der Waals surface area contributed by atoms with Crippen molar-refractivity contribution in [2.45, 2.75) is 32.1 Å². The topological polar surface area (TPSA) is 55.0 Å². The van der Waals surface area contributed by atoms with E-state index in [-0.39, 0.29) is 5.56 Å². The molecule has 3 rings (SSSR count). The van der Waals surface area contributed by atoms with Gasteiger partial charge >= 0.3 is 0 Å². The van der Waals surface area contributed by atoms with Crippen molar-refractivity contribution in [3.8, 4) is 17.1 Å². The summed E-state index contributed by atoms with van der Waals surface area (Å²) in [6.45, 7) is 0. The summed E-state index contributed by atoms with van der Waals surface area (Å²) in [6, 6.07) is 5.32. The molecule has 1 aliphatic rings. The van der Waals surface area contributed by atoms with E-state index in [0.717, 1.165) is 48.9 Å². The first-order valence-electron chi connectivity index (χ1n) is 7.15. The Labute approximate surface area is 128 Å². The van der Waals surface area contributed by atoms with Crippen LogP contribution in [0.2, 0.25) is 5.02 Å². The molecule has 1 N–H and O–H groups in total. The first-order chi connectivity index (χ1) is 10.2. The summed E-state index contributed by atoms with van der Waals surface area (Å²) in [5.74, 6) is 1.16. The van der Waals surface area contributed by atoms with E-state index in [1.54, 1.807) is 19.2 Å². The van der Waals surface area contributed by atoms with Gasteiger partial charge in [0.2, 0.25) is 0 Å². The maximum Gasteiger partial charge on any atom is 0.254 e. The molecule has 0 atom stereocenters. The van der Waals surface area contributed by atoms with Crippen LogP contribution in [0.4, 0.5) is 0 Å². The lowest BCUT2D eigenvalue weighted by atomic mass is 10.1. The second-order valence-electron chi connectivity index (χ2n) is 5.25. The zero-order valence-electron chi connectivity index (χ0n) is 11.9. The van der Waals surface area contributed by atoms with Gasteiger partial charge in [0.15, 0.2) is 0 Å². The summed E-state index contributed by atoms with van der Waals surface area (Å²) in [6.07, 6.45) is 4.97. The van der Waals surface area contributed by atoms with Gasteiger partial charge in [-0.3, -0.25) is 4.79 Å². The SMILES string of the molecule is COc1cc(Cl)ccc1-c1nc2c(c(=O)[nH]1)CCCCC2. The molecule has 21 heavy (non-hydrogen) atoms. The molecule has 5 heteroatoms. The van der Waals surface area contributed by atoms with Crippen molar-refractivity contribution in [2.75, 3.05) is 7.11 Å². The van der Waals surface area contributed by atoms with Gasteiger partial charge in [0.1, 0.15) is 11.6 Å². The molecular weight excluding hydrogens is 288 g/mol. The van der Waals surface area contributed by atoms with E-state index in [0.29, 0.717) is 16.6 Å². The van der Waals surface area contributed by atoms with Crippen molar-refractivity contribution >= 4 is 11.6 Å². The number of halogens is 1. The molecule has 4 nitrogen and oxygen atoms in total. The van der Waals surface area contributed by atoms with Gasteiger partial charge in [-0.15, -0.1) is 0 Å². The fourth-order valence-electron chi connectivity index (χ4n) is 2.77. The van der Waals surface area contributed by atoms with Crippen LogP contribution in [0.25, 0.3) is 11.4 Å². The number of methoxy groups -OCH3 is 1. The Balaban J connectivity index is 2.14. The van der Waals surface area contributed by atoms with Crippen molar-refractivity contribution < 1.29 is 4.74 Å². The van der Waals surface area contributed by atoms with Gasteiger partial charge in [-0.25, -0.2) is 4.98 Å². The summed E-state index contributed by atoms with van der Waals surface area (Å²) in [5, 5.41) is 0.590. The molecule has 1 aromatic carbocycles. The molecule has 0 aliphatic heterocycles. The van der Waals surface area contributed by atoms with E-state index in [9.17, 15) is 4.79 Å². The summed E-state index contributed by atoms with van der Waals surface area (Å²) >= 11 is 5.98. The van der Waals surface area contributed by atoms with Gasteiger partial charge in [0.05, 0.1) is 18.4 Å². The molecule has 0 bridgehead atoms. The number of aromatic amines is 1. The van der Waals surface area contributed by atoms with Gasteiger partial charge in [-0.05, 0) is 43.9 Å². The quantitative estimate of drug-likeness (QED) is 0.866. The molecule has 0 unspecified atom stereocenters. The van der Waals surface area contributed by atoms with Crippen LogP contribution in [-0.2, 0) is 12.8 Å². The first-order valence-corrected chi connectivity index (χ1v) is 7.53. The van der Waals surface area contributed by atoms with Crippen molar-refractivity contribution in [1.82, 2.24) is 9.97 Å². The van der Waals surface area contributed by atoms with Gasteiger partial charge < -0.3 is 9.72 Å². The fourth-order valence-corrected chi connectivity index (χ4v) is 2.93. The van der Waals surface area contributed by atoms with Crippen LogP contribution in [0, 0.1) is 0 Å². The van der Waals surface area contributed by atoms with Gasteiger partial charge in [-0.1, -0.05) is 18.0 Å². The Morgan fingerprint density at radius 3 is 2.86 bits per heavy atom. The highest BCUT2D eigenvalue weighted by molar-refractivity contribution is 6.30. The second-order valence-corrected chi connectivity index (χ2v) is 5.68. The predicted octanol–water partition coefficient (Wildman–Crippen LogP) is 3.37. The number of hydrogen-bond acceptors (Lipinski definition) is 3. The molecule has 1 heterocycles. The van der Waals surface area contributed by atoms with E-state index < -0.39 is 0 Å². The minimum Gasteiger partial charge on any atom is -0.496 e. The maximum absolute atomic E-state index is 12.3. The Bertz CT molecular complexity index is 725. The number of rotatable bonds is 2. The summed E-state index contributed by atoms with van der Waals surface area (Å²) in [4.78, 5) is 19.9. The minimum absolute atomic E-state index is 0.0334. The third kappa shape index (κ3) is 2.81. The molecule has 0 radical (unpaired) electrons. The summed E-state index contributed by atoms with van der Waals surface area (Å²) in [7, 11) is 1.58. The van der Waals surface area contributed by atoms with Crippen LogP contribution in [-0.4, -0.2) is 17.1 Å². The third-order valence-corrected chi connectivity index (χ3v) is 4.10. The number of hydrogen-bond donors (Lipinski definition) is 1. The number of nitrogens with one attached hydrogen (secondary N) is 1. The highest BCUT2D eigenvalue weighted by atomic mass is 35.5. The lowest BCUT2D eigenvalue weighted by molar-refractivity contribution is 0.416. The van der Waals surface area contributed by atoms with E-state index in [1.165, 1.54) is 0 Å². The van der Waals surface area contributed by atoms with Crippen LogP contribution in [0.3, 0.4) is 0 Å². The number of ether oxygens (including phenoxy) is 1. The van der Waals surface area contributed by atoms with E-state index in [2.05, 4.69) is 9.97 Å². The molecule has 1 aliphatic carbocycles. The standard InChI is InChI=1S/C16H17ClN2O2/c1-21-14-9-10(17)7-8-12(14)15-18-13-6-4-2-3-5-11(13)16(20)19-15/h7-9H,2-6H2,1H3,(H,18,19,20). The largest absolute Gasteiger partial charge is 0.496 e. The smallest absolute Gasteiger partial charge is 0.254 e. The van der Waals surface area contributed by atoms with Crippen LogP contribution < -0.4 is 10.3 Å². The molecule has 110 valence electrons. The molecule has 0 saturated heterocycles. The minimum atomic E-state index is -0.0334. The van der Waals surface area contributed by atoms with Crippen LogP contribution in [0.1, 0.15) is 30.5 Å². The highest BCUT2D eigenvalue weighted by Crippen LogP contribution is 2.30. The number of aryl methyl sites for hydroxylation is 1. The number of nitrogens with zero attached hydrogens (tertiary/aromatic N) is 1. The molecular formula is C16H17ClN2O2. The first kappa shape index (κ1) is 14.1. The zero-order chi connectivity index (χ0) is 14.8. The molecule has 0 fully saturated rings. The van der Waals surface area contributed by atoms with Gasteiger partial charge in [0.25, 0.3) is 5.56 Å². The number of H-pyrrole nitrogens is 1. The second kappa shape index (κ2) is 5.90. The van der Waals surface area contributed by atoms with Crippen LogP contribution in [0.15, 0.2) is 23.0 Å². The monoisotopic (exact) mass is 304 g/mol. The Morgan fingerprint density at radius 1 is 1.24 bits per heavy atom. The Morgan fingerprint density at radius 2 is 2.05 bits per heavy atom. The highest BCUT2D eigenvalue weighted by Gasteiger charge is 2.16. The lowest BCUT2D eigenvalue weighted by Crippen LogP contribution is -2.18. The Kier molecular flexibility index (Phi) is 3.97. The van der Waals surface area contributed by atoms with Crippen LogP contribution in [0.5, 0.6) is 5.75 Å². The third-order valence-electron chi connectivity index (χ3n) is 3.86. The number of aromatic nitrogens is 2. The van der Waals surface area contributed by atoms with Gasteiger partial charge in [-0.2, -0.15) is 0 Å². The van der Waals surface area contributed by atoms with E-state index in [1.807, 2.05) is 6.07 Å². The predicted molar refractivity (Wildman–Crippen MR) is 83.1 cm³/mol. The molecule has 0 amide bonds. The lowest BCUT2D eigenvalue weighted by Gasteiger charge is -2.11. The van der Waals surface area contributed by atoms with Gasteiger partial charge in [0, 0.05) is 10.6 Å². The van der Waals surface area contributed by atoms with Crippen molar-refractivity contribution in [1.29, 1.82) is 0 Å². The van der Waals surface area contributed by atoms with E-state index >= 15 is 0 Å². The fraction of sp³-hybridized carbons (Fsp3) is 0.375. The maximum atomic E-state index is 12.3. The average Bonchev–Trinajstić information content (AvgIpc) is 2.72. The average molecular weight is 305 g/mol. The summed E-state index contributed by atoms with van der Waals surface area (Å²) < 4.78 is 5.34. The van der Waals surface area contributed by atoms with Crippen molar-refractivity contribution in [2.24, 2.45) is 0 Å². The Hall–Kier alpha value is -1.81. The molecule has 0 saturated carbocycles. The molecule has 2 aromatic rings.